The third-order valence-corrected chi connectivity index (χ3v) is 0. The molecule has 0 radical (unpaired) electrons. The average Bonchev–Trinajstić information content (AvgIpc) is 1.41. The summed E-state index contributed by atoms with van der Waals surface area (Å²) < 4.78 is 2.14. The molecule has 0 aromatic carbocycles. The van der Waals surface area contributed by atoms with Crippen LogP contribution in [0.2, 0.25) is 4.17 Å². The Hall–Kier alpha value is 0.470. The zero-order valence-corrected chi connectivity index (χ0v) is 6.36. The third kappa shape index (κ3) is 244. The van der Waals surface area contributed by atoms with Crippen LogP contribution in [0.1, 0.15) is 6.92 Å². The molecule has 0 unspecified atom stereocenters. The van der Waals surface area contributed by atoms with Gasteiger partial charge in [0.2, 0.25) is 0 Å². The van der Waals surface area contributed by atoms with Gasteiger partial charge in [-0.3, -0.25) is 4.79 Å². The fourth-order valence-electron chi connectivity index (χ4n) is 0. The quantitative estimate of drug-likeness (QED) is 0.442. The number of hydrogen-bond donors (Lipinski definition) is 1. The summed E-state index contributed by atoms with van der Waals surface area (Å²) in [6.45, 7) is 1.08. The summed E-state index contributed by atoms with van der Waals surface area (Å²) in [6.07, 6.45) is 0. The number of carboxylic acid groups (broad SMARTS) is 1. The van der Waals surface area contributed by atoms with E-state index in [9.17, 15) is 0 Å². The first-order valence-corrected chi connectivity index (χ1v) is 3.93. The van der Waals surface area contributed by atoms with Crippen LogP contribution in [0.25, 0.3) is 0 Å². The van der Waals surface area contributed by atoms with Gasteiger partial charge in [0.15, 0.2) is 0 Å². The molecule has 6 heavy (non-hydrogen) atoms. The minimum atomic E-state index is -0.833. The molecule has 0 heterocycles. The van der Waals surface area contributed by atoms with Crippen molar-refractivity contribution >= 4 is 33.9 Å². The van der Waals surface area contributed by atoms with Gasteiger partial charge in [-0.2, -0.15) is 0 Å². The minimum absolute atomic E-state index is 0.833. The first kappa shape index (κ1) is 9.69. The van der Waals surface area contributed by atoms with Crippen molar-refractivity contribution < 1.29 is 9.90 Å². The zero-order chi connectivity index (χ0) is 5.58. The van der Waals surface area contributed by atoms with Crippen LogP contribution in [-0.4, -0.2) is 39.0 Å². The molecule has 0 spiro atoms. The summed E-state index contributed by atoms with van der Waals surface area (Å²) in [7, 11) is 0. The molecular weight excluding hydrogens is 91.0 g/mol. The number of aliphatic carboxylic acids is 1. The molecule has 2 nitrogen and oxygen atoms in total. The molecule has 1 N–H and O–H groups in total. The molecule has 0 rings (SSSR count). The third-order valence-electron chi connectivity index (χ3n) is 0. The number of carboxylic acids is 1. The van der Waals surface area contributed by atoms with E-state index in [-0.39, 0.29) is 0 Å². The van der Waals surface area contributed by atoms with Gasteiger partial charge in [-0.15, -0.1) is 0 Å². The molecule has 0 aliphatic carbocycles. The summed E-state index contributed by atoms with van der Waals surface area (Å²) >= 11 is 1.31. The molecule has 0 bridgehead atoms. The van der Waals surface area contributed by atoms with Crippen LogP contribution in [0.5, 0.6) is 0 Å². The molecule has 0 aromatic heterocycles. The summed E-state index contributed by atoms with van der Waals surface area (Å²) in [5.41, 5.74) is 0. The van der Waals surface area contributed by atoms with Crippen LogP contribution in [0.15, 0.2) is 0 Å². The van der Waals surface area contributed by atoms with Crippen LogP contribution in [0.3, 0.4) is 0 Å². The van der Waals surface area contributed by atoms with Crippen LogP contribution in [-0.2, 0) is 4.79 Å². The topological polar surface area (TPSA) is 37.3 Å². The normalized spacial score (nSPS) is 5.33. The van der Waals surface area contributed by atoms with E-state index in [1.165, 1.54) is 27.9 Å². The Morgan fingerprint density at radius 3 is 1.67 bits per heavy atom. The van der Waals surface area contributed by atoms with Crippen LogP contribution >= 0.6 is 0 Å². The molecule has 0 aromatic rings. The van der Waals surface area contributed by atoms with Crippen molar-refractivity contribution in [2.24, 2.45) is 0 Å². The molecule has 0 saturated carbocycles. The molecular formula is C3H7NaO2. The average molecular weight is 98.1 g/mol. The second-order valence-corrected chi connectivity index (χ2v) is 0.519. The summed E-state index contributed by atoms with van der Waals surface area (Å²) in [5, 5.41) is 7.42. The van der Waals surface area contributed by atoms with Crippen LogP contribution < -0.4 is 0 Å². The second-order valence-electron chi connectivity index (χ2n) is 0.519. The van der Waals surface area contributed by atoms with E-state index < -0.39 is 5.97 Å². The van der Waals surface area contributed by atoms with Crippen molar-refractivity contribution in [1.82, 2.24) is 0 Å². The molecule has 0 amide bonds. The number of carbonyl (C=O) groups is 1. The Morgan fingerprint density at radius 2 is 1.67 bits per heavy atom. The van der Waals surface area contributed by atoms with Gasteiger partial charge in [-0.25, -0.2) is 0 Å². The Morgan fingerprint density at radius 1 is 1.67 bits per heavy atom. The van der Waals surface area contributed by atoms with Crippen molar-refractivity contribution in [3.63, 3.8) is 0 Å². The van der Waals surface area contributed by atoms with E-state index in [1.807, 2.05) is 0 Å². The molecule has 0 saturated heterocycles. The number of rotatable bonds is 0. The van der Waals surface area contributed by atoms with E-state index in [4.69, 9.17) is 9.90 Å². The van der Waals surface area contributed by atoms with Crippen molar-refractivity contribution in [3.8, 4) is 0 Å². The predicted octanol–water partition coefficient (Wildman–Crippen LogP) is 0.294. The Kier molecular flexibility index (Phi) is 14.7. The van der Waals surface area contributed by atoms with Gasteiger partial charge >= 0.3 is 32.1 Å². The van der Waals surface area contributed by atoms with Gasteiger partial charge in [-0.1, -0.05) is 0 Å². The summed E-state index contributed by atoms with van der Waals surface area (Å²) in [6, 6.07) is 0. The maximum absolute atomic E-state index is 9.00. The fraction of sp³-hybridized carbons (Fsp3) is 0.667. The maximum atomic E-state index is 9.00. The van der Waals surface area contributed by atoms with Gasteiger partial charge in [0.1, 0.15) is 0 Å². The van der Waals surface area contributed by atoms with Crippen molar-refractivity contribution in [2.45, 2.75) is 11.1 Å². The van der Waals surface area contributed by atoms with Gasteiger partial charge in [0, 0.05) is 6.92 Å². The van der Waals surface area contributed by atoms with Crippen LogP contribution in [0.4, 0.5) is 0 Å². The molecule has 0 fully saturated rings. The standard InChI is InChI=1S/C2H4O2.CH3.Na/c1-2(3)4;;/h1H3,(H,3,4);1H3;. The molecule has 0 aliphatic rings. The molecule has 3 heteroatoms. The molecule has 0 atom stereocenters. The van der Waals surface area contributed by atoms with Crippen molar-refractivity contribution in [1.29, 1.82) is 0 Å². The molecule has 32 valence electrons. The molecule has 0 aliphatic heterocycles. The Bertz CT molecular complexity index is 31.8. The SMILES string of the molecule is CC(=O)O.[CH3][Na]. The second kappa shape index (κ2) is 9.08. The van der Waals surface area contributed by atoms with E-state index in [2.05, 4.69) is 4.17 Å². The zero-order valence-electron chi connectivity index (χ0n) is 4.36. The first-order valence-electron chi connectivity index (χ1n) is 1.93. The van der Waals surface area contributed by atoms with Crippen molar-refractivity contribution in [3.05, 3.63) is 0 Å². The number of hydrogen-bond acceptors (Lipinski definition) is 1. The van der Waals surface area contributed by atoms with Gasteiger partial charge in [-0.05, 0) is 0 Å². The van der Waals surface area contributed by atoms with Gasteiger partial charge < -0.3 is 5.11 Å². The van der Waals surface area contributed by atoms with Crippen LogP contribution in [0, 0.1) is 0 Å². The Balaban J connectivity index is 0. The monoisotopic (exact) mass is 98.0 g/mol. The summed E-state index contributed by atoms with van der Waals surface area (Å²) in [4.78, 5) is 9.00. The first-order chi connectivity index (χ1) is 2.73. The van der Waals surface area contributed by atoms with Gasteiger partial charge in [0.25, 0.3) is 5.97 Å². The van der Waals surface area contributed by atoms with E-state index >= 15 is 0 Å². The fourth-order valence-corrected chi connectivity index (χ4v) is 0. The van der Waals surface area contributed by atoms with Crippen molar-refractivity contribution in [2.75, 3.05) is 0 Å². The summed E-state index contributed by atoms with van der Waals surface area (Å²) in [5.74, 6) is -0.833. The predicted molar refractivity (Wildman–Crippen MR) is 24.9 cm³/mol. The van der Waals surface area contributed by atoms with E-state index in [0.717, 1.165) is 6.92 Å². The van der Waals surface area contributed by atoms with Gasteiger partial charge in [0.05, 0.1) is 0 Å². The Labute approximate surface area is 55.0 Å². The van der Waals surface area contributed by atoms with E-state index in [1.54, 1.807) is 0 Å². The van der Waals surface area contributed by atoms with E-state index in [0.29, 0.717) is 0 Å².